The van der Waals surface area contributed by atoms with E-state index in [-0.39, 0.29) is 0 Å². The lowest BCUT2D eigenvalue weighted by molar-refractivity contribution is 0.696. The van der Waals surface area contributed by atoms with Gasteiger partial charge in [-0.1, -0.05) is 55.5 Å². The van der Waals surface area contributed by atoms with E-state index in [4.69, 9.17) is 0 Å². The zero-order valence-corrected chi connectivity index (χ0v) is 10.6. The van der Waals surface area contributed by atoms with E-state index in [9.17, 15) is 0 Å². The van der Waals surface area contributed by atoms with Crippen LogP contribution >= 0.6 is 0 Å². The molecule has 4 rings (SSSR count). The molecule has 0 aliphatic heterocycles. The Balaban J connectivity index is 2.12. The van der Waals surface area contributed by atoms with Crippen molar-refractivity contribution in [2.24, 2.45) is 0 Å². The lowest BCUT2D eigenvalue weighted by Gasteiger charge is -2.13. The van der Waals surface area contributed by atoms with E-state index < -0.39 is 0 Å². The van der Waals surface area contributed by atoms with Gasteiger partial charge in [-0.25, -0.2) is 0 Å². The standard InChI is InChI=1S/C18H16/c1-12-6-4-10-16-14-7-2-3-8-15(14)17-11-5-9-13(12)18(16)17/h2-3,5,7-12H,4,6H2,1H3. The van der Waals surface area contributed by atoms with Crippen LogP contribution in [0.15, 0.2) is 48.5 Å². The van der Waals surface area contributed by atoms with E-state index in [1.807, 2.05) is 0 Å². The second-order valence-corrected chi connectivity index (χ2v) is 5.41. The van der Waals surface area contributed by atoms with Crippen molar-refractivity contribution in [3.05, 3.63) is 65.2 Å². The molecule has 2 aliphatic rings. The minimum atomic E-state index is 0.669. The topological polar surface area (TPSA) is 0 Å². The number of rotatable bonds is 0. The fourth-order valence-electron chi connectivity index (χ4n) is 3.44. The van der Waals surface area contributed by atoms with Gasteiger partial charge in [0.2, 0.25) is 0 Å². The van der Waals surface area contributed by atoms with E-state index >= 15 is 0 Å². The highest BCUT2D eigenvalue weighted by Gasteiger charge is 2.28. The summed E-state index contributed by atoms with van der Waals surface area (Å²) in [5.41, 5.74) is 8.78. The first-order valence-electron chi connectivity index (χ1n) is 6.79. The van der Waals surface area contributed by atoms with Gasteiger partial charge in [-0.15, -0.1) is 0 Å². The number of hydrogen-bond donors (Lipinski definition) is 0. The number of allylic oxidation sites excluding steroid dienone is 1. The van der Waals surface area contributed by atoms with E-state index in [0.717, 1.165) is 0 Å². The molecule has 0 heterocycles. The molecule has 88 valence electrons. The Bertz CT molecular complexity index is 661. The Morgan fingerprint density at radius 1 is 0.889 bits per heavy atom. The molecule has 0 heteroatoms. The van der Waals surface area contributed by atoms with Gasteiger partial charge < -0.3 is 0 Å². The van der Waals surface area contributed by atoms with Crippen LogP contribution in [-0.4, -0.2) is 0 Å². The highest BCUT2D eigenvalue weighted by atomic mass is 14.3. The molecule has 0 N–H and O–H groups in total. The Morgan fingerprint density at radius 2 is 1.67 bits per heavy atom. The van der Waals surface area contributed by atoms with Gasteiger partial charge in [0.15, 0.2) is 0 Å². The predicted octanol–water partition coefficient (Wildman–Crippen LogP) is 5.00. The molecule has 0 saturated carbocycles. The third-order valence-electron chi connectivity index (χ3n) is 4.35. The molecule has 0 fully saturated rings. The summed E-state index contributed by atoms with van der Waals surface area (Å²) in [6.07, 6.45) is 4.90. The average Bonchev–Trinajstić information content (AvgIpc) is 2.63. The van der Waals surface area contributed by atoms with E-state index in [1.165, 1.54) is 46.2 Å². The van der Waals surface area contributed by atoms with E-state index in [0.29, 0.717) is 5.92 Å². The summed E-state index contributed by atoms with van der Waals surface area (Å²) in [5.74, 6) is 0.669. The van der Waals surface area contributed by atoms with Gasteiger partial charge in [-0.05, 0) is 52.1 Å². The molecular formula is C18H16. The summed E-state index contributed by atoms with van der Waals surface area (Å²) < 4.78 is 0. The quantitative estimate of drug-likeness (QED) is 0.512. The van der Waals surface area contributed by atoms with Crippen LogP contribution in [0.1, 0.15) is 42.4 Å². The molecule has 0 aromatic heterocycles. The van der Waals surface area contributed by atoms with Crippen molar-refractivity contribution >= 4 is 5.57 Å². The Labute approximate surface area is 108 Å². The third kappa shape index (κ3) is 1.21. The monoisotopic (exact) mass is 232 g/mol. The van der Waals surface area contributed by atoms with Gasteiger partial charge in [-0.2, -0.15) is 0 Å². The molecular weight excluding hydrogens is 216 g/mol. The minimum Gasteiger partial charge on any atom is -0.0760 e. The van der Waals surface area contributed by atoms with Gasteiger partial charge in [0.1, 0.15) is 0 Å². The van der Waals surface area contributed by atoms with Crippen molar-refractivity contribution in [1.29, 1.82) is 0 Å². The van der Waals surface area contributed by atoms with Crippen LogP contribution in [0.2, 0.25) is 0 Å². The van der Waals surface area contributed by atoms with Crippen LogP contribution in [0.4, 0.5) is 0 Å². The smallest absolute Gasteiger partial charge is 0.00673 e. The Kier molecular flexibility index (Phi) is 2.02. The molecule has 0 nitrogen and oxygen atoms in total. The molecule has 0 bridgehead atoms. The molecule has 0 amide bonds. The van der Waals surface area contributed by atoms with Gasteiger partial charge >= 0.3 is 0 Å². The number of hydrogen-bond acceptors (Lipinski definition) is 0. The molecule has 0 radical (unpaired) electrons. The first kappa shape index (κ1) is 10.1. The molecule has 2 aromatic rings. The molecule has 18 heavy (non-hydrogen) atoms. The maximum atomic E-state index is 2.44. The molecule has 1 atom stereocenters. The first-order chi connectivity index (χ1) is 8.86. The second kappa shape index (κ2) is 3.58. The second-order valence-electron chi connectivity index (χ2n) is 5.41. The van der Waals surface area contributed by atoms with Crippen LogP contribution in [0, 0.1) is 0 Å². The van der Waals surface area contributed by atoms with E-state index in [1.54, 1.807) is 0 Å². The van der Waals surface area contributed by atoms with Crippen molar-refractivity contribution in [3.63, 3.8) is 0 Å². The summed E-state index contributed by atoms with van der Waals surface area (Å²) >= 11 is 0. The fourth-order valence-corrected chi connectivity index (χ4v) is 3.44. The van der Waals surface area contributed by atoms with Gasteiger partial charge in [0.05, 0.1) is 0 Å². The fraction of sp³-hybridized carbons (Fsp3) is 0.222. The predicted molar refractivity (Wildman–Crippen MR) is 76.6 cm³/mol. The highest BCUT2D eigenvalue weighted by Crippen LogP contribution is 2.49. The Hall–Kier alpha value is -1.82. The largest absolute Gasteiger partial charge is 0.0760 e. The summed E-state index contributed by atoms with van der Waals surface area (Å²) in [5, 5.41) is 0. The van der Waals surface area contributed by atoms with E-state index in [2.05, 4.69) is 55.5 Å². The lowest BCUT2D eigenvalue weighted by atomic mass is 9.91. The third-order valence-corrected chi connectivity index (χ3v) is 4.35. The summed E-state index contributed by atoms with van der Waals surface area (Å²) in [4.78, 5) is 0. The van der Waals surface area contributed by atoms with Crippen molar-refractivity contribution in [3.8, 4) is 11.1 Å². The van der Waals surface area contributed by atoms with Crippen molar-refractivity contribution in [1.82, 2.24) is 0 Å². The van der Waals surface area contributed by atoms with Crippen LogP contribution in [0.25, 0.3) is 16.7 Å². The van der Waals surface area contributed by atoms with Crippen molar-refractivity contribution in [2.45, 2.75) is 25.7 Å². The normalized spacial score (nSPS) is 19.8. The van der Waals surface area contributed by atoms with Gasteiger partial charge in [0.25, 0.3) is 0 Å². The highest BCUT2D eigenvalue weighted by molar-refractivity contribution is 6.02. The van der Waals surface area contributed by atoms with Crippen LogP contribution < -0.4 is 0 Å². The molecule has 0 saturated heterocycles. The maximum Gasteiger partial charge on any atom is -0.00673 e. The van der Waals surface area contributed by atoms with Gasteiger partial charge in [-0.3, -0.25) is 0 Å². The van der Waals surface area contributed by atoms with Crippen molar-refractivity contribution < 1.29 is 0 Å². The summed E-state index contributed by atoms with van der Waals surface area (Å²) in [6.45, 7) is 2.36. The first-order valence-corrected chi connectivity index (χ1v) is 6.79. The average molecular weight is 232 g/mol. The van der Waals surface area contributed by atoms with Crippen LogP contribution in [-0.2, 0) is 0 Å². The number of benzene rings is 2. The molecule has 2 aromatic carbocycles. The SMILES string of the molecule is CC1CCC=C2c3ccccc3-c3cccc1c32. The Morgan fingerprint density at radius 3 is 2.56 bits per heavy atom. The molecule has 1 unspecified atom stereocenters. The van der Waals surface area contributed by atoms with Crippen molar-refractivity contribution in [2.75, 3.05) is 0 Å². The zero-order valence-electron chi connectivity index (χ0n) is 10.6. The minimum absolute atomic E-state index is 0.669. The maximum absolute atomic E-state index is 2.44. The van der Waals surface area contributed by atoms with Crippen LogP contribution in [0.5, 0.6) is 0 Å². The molecule has 0 spiro atoms. The summed E-state index contributed by atoms with van der Waals surface area (Å²) in [6, 6.07) is 15.6. The lowest BCUT2D eigenvalue weighted by Crippen LogP contribution is -1.95. The molecule has 2 aliphatic carbocycles. The zero-order chi connectivity index (χ0) is 12.1. The van der Waals surface area contributed by atoms with Crippen LogP contribution in [0.3, 0.4) is 0 Å². The van der Waals surface area contributed by atoms with Gasteiger partial charge in [0, 0.05) is 0 Å². The number of fused-ring (bicyclic) bond motifs is 3. The summed E-state index contributed by atoms with van der Waals surface area (Å²) in [7, 11) is 0.